The van der Waals surface area contributed by atoms with E-state index < -0.39 is 11.7 Å². The predicted molar refractivity (Wildman–Crippen MR) is 105 cm³/mol. The second-order valence-corrected chi connectivity index (χ2v) is 6.72. The van der Waals surface area contributed by atoms with E-state index in [1.165, 1.54) is 17.7 Å². The summed E-state index contributed by atoms with van der Waals surface area (Å²) in [6, 6.07) is 23.2. The molecule has 0 fully saturated rings. The van der Waals surface area contributed by atoms with Gasteiger partial charge in [0, 0.05) is 17.8 Å². The first-order chi connectivity index (χ1) is 13.5. The van der Waals surface area contributed by atoms with Crippen molar-refractivity contribution in [2.45, 2.75) is 18.6 Å². The SMILES string of the molecule is FC(F)(F)c1ccc(C#CC2c3ccccc3CCN2c2ccccc2)cc1. The average molecular weight is 377 g/mol. The third-order valence-corrected chi connectivity index (χ3v) is 4.94. The highest BCUT2D eigenvalue weighted by molar-refractivity contribution is 5.56. The van der Waals surface area contributed by atoms with Crippen molar-refractivity contribution in [2.24, 2.45) is 0 Å². The van der Waals surface area contributed by atoms with Crippen molar-refractivity contribution in [1.82, 2.24) is 0 Å². The zero-order chi connectivity index (χ0) is 19.6. The largest absolute Gasteiger partial charge is 0.416 e. The maximum atomic E-state index is 12.8. The van der Waals surface area contributed by atoms with Gasteiger partial charge in [0.1, 0.15) is 6.04 Å². The molecule has 1 nitrogen and oxygen atoms in total. The Hall–Kier alpha value is -3.19. The molecule has 0 saturated heterocycles. The summed E-state index contributed by atoms with van der Waals surface area (Å²) in [4.78, 5) is 2.25. The molecule has 1 aliphatic heterocycles. The fourth-order valence-electron chi connectivity index (χ4n) is 3.51. The number of alkyl halides is 3. The fourth-order valence-corrected chi connectivity index (χ4v) is 3.51. The molecule has 1 atom stereocenters. The van der Waals surface area contributed by atoms with E-state index in [4.69, 9.17) is 0 Å². The molecular weight excluding hydrogens is 359 g/mol. The Morgan fingerprint density at radius 3 is 2.21 bits per heavy atom. The first-order valence-electron chi connectivity index (χ1n) is 9.11. The molecule has 0 amide bonds. The third-order valence-electron chi connectivity index (χ3n) is 4.94. The second-order valence-electron chi connectivity index (χ2n) is 6.72. The zero-order valence-electron chi connectivity index (χ0n) is 15.1. The molecular formula is C24H18F3N. The summed E-state index contributed by atoms with van der Waals surface area (Å²) in [6.07, 6.45) is -3.40. The number of benzene rings is 3. The van der Waals surface area contributed by atoms with Crippen molar-refractivity contribution in [2.75, 3.05) is 11.4 Å². The van der Waals surface area contributed by atoms with E-state index in [1.807, 2.05) is 30.3 Å². The molecule has 0 saturated carbocycles. The molecule has 4 rings (SSSR count). The van der Waals surface area contributed by atoms with Gasteiger partial charge in [-0.1, -0.05) is 54.3 Å². The number of hydrogen-bond donors (Lipinski definition) is 0. The van der Waals surface area contributed by atoms with Gasteiger partial charge in [-0.25, -0.2) is 0 Å². The van der Waals surface area contributed by atoms with Crippen molar-refractivity contribution >= 4 is 5.69 Å². The zero-order valence-corrected chi connectivity index (χ0v) is 15.1. The molecule has 1 heterocycles. The third kappa shape index (κ3) is 3.75. The minimum atomic E-state index is -4.33. The quantitative estimate of drug-likeness (QED) is 0.480. The lowest BCUT2D eigenvalue weighted by Gasteiger charge is -2.36. The Morgan fingerprint density at radius 2 is 1.50 bits per heavy atom. The molecule has 1 aliphatic rings. The molecule has 0 N–H and O–H groups in total. The van der Waals surface area contributed by atoms with E-state index in [0.29, 0.717) is 5.56 Å². The lowest BCUT2D eigenvalue weighted by Crippen LogP contribution is -2.34. The van der Waals surface area contributed by atoms with Crippen molar-refractivity contribution in [3.05, 3.63) is 101 Å². The van der Waals surface area contributed by atoms with Crippen LogP contribution in [0, 0.1) is 11.8 Å². The van der Waals surface area contributed by atoms with Gasteiger partial charge in [0.15, 0.2) is 0 Å². The summed E-state index contributed by atoms with van der Waals surface area (Å²) in [5.74, 6) is 6.37. The van der Waals surface area contributed by atoms with Gasteiger partial charge in [-0.2, -0.15) is 13.2 Å². The molecule has 140 valence electrons. The van der Waals surface area contributed by atoms with Crippen molar-refractivity contribution in [3.8, 4) is 11.8 Å². The molecule has 0 spiro atoms. The van der Waals surface area contributed by atoms with Crippen LogP contribution in [0.15, 0.2) is 78.9 Å². The first kappa shape index (κ1) is 18.2. The van der Waals surface area contributed by atoms with Crippen LogP contribution in [0.5, 0.6) is 0 Å². The Kier molecular flexibility index (Phi) is 4.83. The summed E-state index contributed by atoms with van der Waals surface area (Å²) in [5, 5.41) is 0. The number of hydrogen-bond acceptors (Lipinski definition) is 1. The highest BCUT2D eigenvalue weighted by Crippen LogP contribution is 2.33. The number of anilines is 1. The van der Waals surface area contributed by atoms with Crippen LogP contribution in [0.1, 0.15) is 28.3 Å². The van der Waals surface area contributed by atoms with E-state index in [2.05, 4.69) is 41.0 Å². The Labute approximate surface area is 162 Å². The van der Waals surface area contributed by atoms with E-state index in [1.54, 1.807) is 0 Å². The topological polar surface area (TPSA) is 3.24 Å². The smallest absolute Gasteiger partial charge is 0.353 e. The van der Waals surface area contributed by atoms with Crippen LogP contribution < -0.4 is 4.90 Å². The van der Waals surface area contributed by atoms with Gasteiger partial charge in [-0.3, -0.25) is 0 Å². The average Bonchev–Trinajstić information content (AvgIpc) is 2.72. The molecule has 0 aliphatic carbocycles. The molecule has 3 aromatic rings. The monoisotopic (exact) mass is 377 g/mol. The second kappa shape index (κ2) is 7.44. The first-order valence-corrected chi connectivity index (χ1v) is 9.11. The Balaban J connectivity index is 1.70. The maximum Gasteiger partial charge on any atom is 0.416 e. The highest BCUT2D eigenvalue weighted by atomic mass is 19.4. The lowest BCUT2D eigenvalue weighted by atomic mass is 9.92. The van der Waals surface area contributed by atoms with Gasteiger partial charge in [0.25, 0.3) is 0 Å². The summed E-state index contributed by atoms with van der Waals surface area (Å²) in [7, 11) is 0. The molecule has 0 aromatic heterocycles. The minimum absolute atomic E-state index is 0.144. The molecule has 0 radical (unpaired) electrons. The summed E-state index contributed by atoms with van der Waals surface area (Å²) >= 11 is 0. The number of halogens is 3. The Bertz CT molecular complexity index is 1010. The van der Waals surface area contributed by atoms with Crippen LogP contribution >= 0.6 is 0 Å². The van der Waals surface area contributed by atoms with Crippen LogP contribution in [-0.2, 0) is 12.6 Å². The van der Waals surface area contributed by atoms with Crippen molar-refractivity contribution < 1.29 is 13.2 Å². The van der Waals surface area contributed by atoms with Gasteiger partial charge in [0.05, 0.1) is 5.56 Å². The fraction of sp³-hybridized carbons (Fsp3) is 0.167. The highest BCUT2D eigenvalue weighted by Gasteiger charge is 2.30. The molecule has 1 unspecified atom stereocenters. The van der Waals surface area contributed by atoms with Crippen LogP contribution in [0.3, 0.4) is 0 Å². The van der Waals surface area contributed by atoms with Gasteiger partial charge < -0.3 is 4.90 Å². The van der Waals surface area contributed by atoms with Crippen LogP contribution in [0.25, 0.3) is 0 Å². The van der Waals surface area contributed by atoms with E-state index in [-0.39, 0.29) is 6.04 Å². The van der Waals surface area contributed by atoms with E-state index in [0.717, 1.165) is 36.3 Å². The minimum Gasteiger partial charge on any atom is -0.353 e. The van der Waals surface area contributed by atoms with Crippen molar-refractivity contribution in [1.29, 1.82) is 0 Å². The molecule has 0 bridgehead atoms. The summed E-state index contributed by atoms with van der Waals surface area (Å²) in [5.41, 5.74) is 3.41. The lowest BCUT2D eigenvalue weighted by molar-refractivity contribution is -0.137. The molecule has 28 heavy (non-hydrogen) atoms. The maximum absolute atomic E-state index is 12.8. The summed E-state index contributed by atoms with van der Waals surface area (Å²) in [6.45, 7) is 0.841. The predicted octanol–water partition coefficient (Wildman–Crippen LogP) is 5.86. The number of fused-ring (bicyclic) bond motifs is 1. The van der Waals surface area contributed by atoms with Crippen LogP contribution in [0.2, 0.25) is 0 Å². The van der Waals surface area contributed by atoms with Gasteiger partial charge in [0.2, 0.25) is 0 Å². The molecule has 3 aromatic carbocycles. The molecule has 4 heteroatoms. The number of para-hydroxylation sites is 1. The summed E-state index contributed by atoms with van der Waals surface area (Å²) < 4.78 is 38.3. The van der Waals surface area contributed by atoms with Gasteiger partial charge in [-0.15, -0.1) is 0 Å². The standard InChI is InChI=1S/C24H18F3N/c25-24(26,27)20-13-10-18(11-14-20)12-15-23-22-9-5-4-6-19(22)16-17-28(23)21-7-2-1-3-8-21/h1-11,13-14,23H,16-17H2. The Morgan fingerprint density at radius 1 is 0.821 bits per heavy atom. The van der Waals surface area contributed by atoms with Gasteiger partial charge >= 0.3 is 6.18 Å². The van der Waals surface area contributed by atoms with Crippen LogP contribution in [0.4, 0.5) is 18.9 Å². The van der Waals surface area contributed by atoms with E-state index in [9.17, 15) is 13.2 Å². The van der Waals surface area contributed by atoms with Crippen LogP contribution in [-0.4, -0.2) is 6.54 Å². The number of nitrogens with zero attached hydrogens (tertiary/aromatic N) is 1. The van der Waals surface area contributed by atoms with E-state index >= 15 is 0 Å². The normalized spacial score (nSPS) is 16.1. The van der Waals surface area contributed by atoms with Gasteiger partial charge in [-0.05, 0) is 53.9 Å². The number of rotatable bonds is 1. The van der Waals surface area contributed by atoms with Crippen molar-refractivity contribution in [3.63, 3.8) is 0 Å².